The zero-order chi connectivity index (χ0) is 16.4. The molecule has 2 fully saturated rings. The van der Waals surface area contributed by atoms with Crippen molar-refractivity contribution in [3.8, 4) is 0 Å². The van der Waals surface area contributed by atoms with Crippen molar-refractivity contribution in [3.05, 3.63) is 28.2 Å². The van der Waals surface area contributed by atoms with E-state index in [1.54, 1.807) is 12.1 Å². The van der Waals surface area contributed by atoms with Crippen LogP contribution in [0.2, 0.25) is 10.0 Å². The van der Waals surface area contributed by atoms with Crippen LogP contribution in [-0.4, -0.2) is 50.3 Å². The summed E-state index contributed by atoms with van der Waals surface area (Å²) >= 11 is 12.0. The molecule has 0 N–H and O–H groups in total. The van der Waals surface area contributed by atoms with E-state index in [2.05, 4.69) is 4.90 Å². The van der Waals surface area contributed by atoms with Crippen LogP contribution >= 0.6 is 23.2 Å². The zero-order valence-corrected chi connectivity index (χ0v) is 15.4. The second-order valence-electron chi connectivity index (χ2n) is 6.41. The zero-order valence-electron chi connectivity index (χ0n) is 13.0. The number of hydrogen-bond acceptors (Lipinski definition) is 3. The van der Waals surface area contributed by atoms with E-state index in [9.17, 15) is 8.42 Å². The molecule has 23 heavy (non-hydrogen) atoms. The van der Waals surface area contributed by atoms with E-state index in [1.807, 2.05) is 0 Å². The molecule has 7 heteroatoms. The Morgan fingerprint density at radius 1 is 1.04 bits per heavy atom. The van der Waals surface area contributed by atoms with Gasteiger partial charge in [0, 0.05) is 32.7 Å². The molecule has 1 aliphatic carbocycles. The molecule has 0 radical (unpaired) electrons. The monoisotopic (exact) mass is 376 g/mol. The van der Waals surface area contributed by atoms with Crippen LogP contribution in [0.25, 0.3) is 0 Å². The second-order valence-corrected chi connectivity index (χ2v) is 9.10. The fourth-order valence-electron chi connectivity index (χ4n) is 3.53. The first-order valence-electron chi connectivity index (χ1n) is 8.15. The van der Waals surface area contributed by atoms with Gasteiger partial charge in [-0.2, -0.15) is 4.31 Å². The molecule has 1 heterocycles. The van der Waals surface area contributed by atoms with E-state index in [0.717, 1.165) is 25.6 Å². The summed E-state index contributed by atoms with van der Waals surface area (Å²) in [4.78, 5) is 2.50. The maximum absolute atomic E-state index is 12.8. The van der Waals surface area contributed by atoms with Gasteiger partial charge < -0.3 is 4.90 Å². The lowest BCUT2D eigenvalue weighted by Gasteiger charge is -2.35. The third-order valence-electron chi connectivity index (χ3n) is 4.86. The molecule has 0 aromatic heterocycles. The Morgan fingerprint density at radius 2 is 1.70 bits per heavy atom. The minimum Gasteiger partial charge on any atom is -0.300 e. The molecule has 1 aromatic carbocycles. The highest BCUT2D eigenvalue weighted by Crippen LogP contribution is 2.31. The minimum absolute atomic E-state index is 0.107. The average Bonchev–Trinajstić information content (AvgIpc) is 3.03. The maximum Gasteiger partial charge on any atom is 0.244 e. The van der Waals surface area contributed by atoms with Crippen LogP contribution < -0.4 is 0 Å². The van der Waals surface area contributed by atoms with Gasteiger partial charge in [-0.3, -0.25) is 0 Å². The molecule has 0 amide bonds. The van der Waals surface area contributed by atoms with Crippen molar-refractivity contribution < 1.29 is 8.42 Å². The van der Waals surface area contributed by atoms with Crippen molar-refractivity contribution in [2.75, 3.05) is 32.7 Å². The number of rotatable bonds is 4. The highest BCUT2D eigenvalue weighted by molar-refractivity contribution is 7.89. The van der Waals surface area contributed by atoms with Gasteiger partial charge in [-0.05, 0) is 30.9 Å². The number of halogens is 2. The summed E-state index contributed by atoms with van der Waals surface area (Å²) < 4.78 is 27.1. The van der Waals surface area contributed by atoms with Crippen LogP contribution in [0, 0.1) is 5.92 Å². The molecule has 1 aromatic rings. The van der Waals surface area contributed by atoms with Crippen molar-refractivity contribution >= 4 is 33.2 Å². The van der Waals surface area contributed by atoms with E-state index < -0.39 is 10.0 Å². The smallest absolute Gasteiger partial charge is 0.244 e. The molecule has 1 saturated heterocycles. The van der Waals surface area contributed by atoms with Crippen LogP contribution in [0.15, 0.2) is 23.1 Å². The topological polar surface area (TPSA) is 40.6 Å². The van der Waals surface area contributed by atoms with Crippen molar-refractivity contribution in [2.45, 2.75) is 30.6 Å². The summed E-state index contributed by atoms with van der Waals surface area (Å²) in [7, 11) is -3.58. The summed E-state index contributed by atoms with van der Waals surface area (Å²) in [6.07, 6.45) is 5.31. The van der Waals surface area contributed by atoms with Gasteiger partial charge in [0.1, 0.15) is 4.90 Å². The summed E-state index contributed by atoms with van der Waals surface area (Å²) in [5, 5.41) is 0.384. The second kappa shape index (κ2) is 7.28. The largest absolute Gasteiger partial charge is 0.300 e. The predicted octanol–water partition coefficient (Wildman–Crippen LogP) is 3.49. The Hall–Kier alpha value is -0.330. The predicted molar refractivity (Wildman–Crippen MR) is 93.6 cm³/mol. The molecule has 0 unspecified atom stereocenters. The normalized spacial score (nSPS) is 21.8. The maximum atomic E-state index is 12.8. The van der Waals surface area contributed by atoms with Gasteiger partial charge in [0.05, 0.1) is 10.0 Å². The molecule has 1 saturated carbocycles. The molecule has 2 aliphatic rings. The van der Waals surface area contributed by atoms with Gasteiger partial charge in [0.2, 0.25) is 10.0 Å². The van der Waals surface area contributed by atoms with Crippen LogP contribution in [0.5, 0.6) is 0 Å². The summed E-state index contributed by atoms with van der Waals surface area (Å²) in [6.45, 7) is 3.70. The van der Waals surface area contributed by atoms with Gasteiger partial charge in [0.25, 0.3) is 0 Å². The Kier molecular flexibility index (Phi) is 5.53. The van der Waals surface area contributed by atoms with Gasteiger partial charge in [0.15, 0.2) is 0 Å². The lowest BCUT2D eigenvalue weighted by atomic mass is 10.1. The van der Waals surface area contributed by atoms with Crippen LogP contribution in [0.3, 0.4) is 0 Å². The van der Waals surface area contributed by atoms with Crippen molar-refractivity contribution in [1.29, 1.82) is 0 Å². The van der Waals surface area contributed by atoms with E-state index in [1.165, 1.54) is 36.1 Å². The first-order valence-corrected chi connectivity index (χ1v) is 10.3. The highest BCUT2D eigenvalue weighted by atomic mass is 35.5. The van der Waals surface area contributed by atoms with E-state index in [4.69, 9.17) is 23.2 Å². The summed E-state index contributed by atoms with van der Waals surface area (Å²) in [5.74, 6) is 0.792. The molecule has 0 bridgehead atoms. The summed E-state index contributed by atoms with van der Waals surface area (Å²) in [5.41, 5.74) is 0. The molecule has 128 valence electrons. The number of hydrogen-bond donors (Lipinski definition) is 0. The number of piperazine rings is 1. The Labute approximate surface area is 148 Å². The molecule has 0 spiro atoms. The fraction of sp³-hybridized carbons (Fsp3) is 0.625. The van der Waals surface area contributed by atoms with Gasteiger partial charge >= 0.3 is 0 Å². The molecular weight excluding hydrogens is 355 g/mol. The van der Waals surface area contributed by atoms with Crippen LogP contribution in [0.4, 0.5) is 0 Å². The molecule has 0 atom stereocenters. The number of nitrogens with zero attached hydrogens (tertiary/aromatic N) is 2. The SMILES string of the molecule is O=S(=O)(c1cccc(Cl)c1Cl)N1CCN(CC2CCCC2)CC1. The molecule has 1 aliphatic heterocycles. The quantitative estimate of drug-likeness (QED) is 0.807. The van der Waals surface area contributed by atoms with Gasteiger partial charge in [-0.25, -0.2) is 8.42 Å². The number of sulfonamides is 1. The van der Waals surface area contributed by atoms with E-state index in [0.29, 0.717) is 13.1 Å². The Balaban J connectivity index is 1.65. The highest BCUT2D eigenvalue weighted by Gasteiger charge is 2.31. The first-order chi connectivity index (χ1) is 11.0. The van der Waals surface area contributed by atoms with Crippen LogP contribution in [-0.2, 0) is 10.0 Å². The Bertz CT molecular complexity index is 652. The fourth-order valence-corrected chi connectivity index (χ4v) is 5.69. The molecule has 3 rings (SSSR count). The van der Waals surface area contributed by atoms with Crippen molar-refractivity contribution in [1.82, 2.24) is 9.21 Å². The third kappa shape index (κ3) is 3.85. The van der Waals surface area contributed by atoms with E-state index >= 15 is 0 Å². The Morgan fingerprint density at radius 3 is 2.35 bits per heavy atom. The van der Waals surface area contributed by atoms with Crippen molar-refractivity contribution in [2.24, 2.45) is 5.92 Å². The van der Waals surface area contributed by atoms with E-state index in [-0.39, 0.29) is 14.9 Å². The van der Waals surface area contributed by atoms with Gasteiger partial charge in [-0.1, -0.05) is 42.1 Å². The van der Waals surface area contributed by atoms with Crippen LogP contribution in [0.1, 0.15) is 25.7 Å². The average molecular weight is 377 g/mol. The van der Waals surface area contributed by atoms with Gasteiger partial charge in [-0.15, -0.1) is 0 Å². The number of benzene rings is 1. The van der Waals surface area contributed by atoms with Crippen molar-refractivity contribution in [3.63, 3.8) is 0 Å². The lowest BCUT2D eigenvalue weighted by molar-refractivity contribution is 0.165. The minimum atomic E-state index is -3.58. The first kappa shape index (κ1) is 17.5. The lowest BCUT2D eigenvalue weighted by Crippen LogP contribution is -2.49. The summed E-state index contributed by atoms with van der Waals surface area (Å²) in [6, 6.07) is 4.74. The standard InChI is InChI=1S/C16H22Cl2N2O2S/c17-14-6-3-7-15(16(14)18)23(21,22)20-10-8-19(9-11-20)12-13-4-1-2-5-13/h3,6-7,13H,1-2,4-5,8-12H2. The third-order valence-corrected chi connectivity index (χ3v) is 7.73. The molecular formula is C16H22Cl2N2O2S. The molecule has 4 nitrogen and oxygen atoms in total.